The van der Waals surface area contributed by atoms with Crippen LogP contribution in [0.15, 0.2) is 48.7 Å². The van der Waals surface area contributed by atoms with Crippen molar-refractivity contribution in [3.8, 4) is 0 Å². The zero-order chi connectivity index (χ0) is 18.1. The normalized spacial score (nSPS) is 14.0. The molecule has 1 N–H and O–H groups in total. The second-order valence-electron chi connectivity index (χ2n) is 6.20. The fraction of sp³-hybridized carbons (Fsp3) is 0.211. The summed E-state index contributed by atoms with van der Waals surface area (Å²) in [4.78, 5) is 31.7. The number of nitrogens with zero attached hydrogens (tertiary/aromatic N) is 3. The minimum Gasteiger partial charge on any atom is -0.337 e. The lowest BCUT2D eigenvalue weighted by molar-refractivity contribution is 0.0789. The molecule has 7 heteroatoms. The first kappa shape index (κ1) is 16.6. The molecule has 4 rings (SSSR count). The van der Waals surface area contributed by atoms with Crippen molar-refractivity contribution in [3.63, 3.8) is 0 Å². The summed E-state index contributed by atoms with van der Waals surface area (Å²) >= 11 is 5.97. The monoisotopic (exact) mass is 368 g/mol. The standard InChI is InChI=1S/C19H17ClN4O2/c20-13-6-5-7-14(12-13)21-18(25)17-22-16(15-8-1-2-11-24(15)17)19(26)23-9-3-4-10-23/h1-2,5-8,11-12H,3-4,9-10H2,(H,21,25). The fourth-order valence-corrected chi connectivity index (χ4v) is 3.37. The van der Waals surface area contributed by atoms with Crippen LogP contribution in [0, 0.1) is 0 Å². The molecule has 0 bridgehead atoms. The number of halogens is 1. The molecule has 0 spiro atoms. The van der Waals surface area contributed by atoms with E-state index in [1.165, 1.54) is 0 Å². The molecule has 0 atom stereocenters. The Morgan fingerprint density at radius 1 is 1.08 bits per heavy atom. The molecule has 0 unspecified atom stereocenters. The van der Waals surface area contributed by atoms with Gasteiger partial charge in [0, 0.05) is 30.0 Å². The second kappa shape index (κ2) is 6.80. The van der Waals surface area contributed by atoms with Gasteiger partial charge in [-0.1, -0.05) is 23.7 Å². The number of imidazole rings is 1. The number of carbonyl (C=O) groups excluding carboxylic acids is 2. The molecule has 3 heterocycles. The highest BCUT2D eigenvalue weighted by atomic mass is 35.5. The number of carbonyl (C=O) groups is 2. The first-order chi connectivity index (χ1) is 12.6. The van der Waals surface area contributed by atoms with E-state index in [2.05, 4.69) is 10.3 Å². The van der Waals surface area contributed by atoms with Gasteiger partial charge in [-0.2, -0.15) is 0 Å². The quantitative estimate of drug-likeness (QED) is 0.769. The summed E-state index contributed by atoms with van der Waals surface area (Å²) in [5.74, 6) is -0.356. The molecule has 132 valence electrons. The average molecular weight is 369 g/mol. The van der Waals surface area contributed by atoms with Crippen molar-refractivity contribution in [1.29, 1.82) is 0 Å². The zero-order valence-corrected chi connectivity index (χ0v) is 14.7. The molecule has 1 aliphatic heterocycles. The van der Waals surface area contributed by atoms with Gasteiger partial charge in [0.2, 0.25) is 5.82 Å². The van der Waals surface area contributed by atoms with Gasteiger partial charge in [-0.25, -0.2) is 4.98 Å². The number of likely N-dealkylation sites (tertiary alicyclic amines) is 1. The van der Waals surface area contributed by atoms with Gasteiger partial charge in [-0.05, 0) is 43.2 Å². The lowest BCUT2D eigenvalue weighted by Gasteiger charge is -2.13. The van der Waals surface area contributed by atoms with E-state index in [1.54, 1.807) is 51.9 Å². The molecule has 1 aliphatic rings. The molecule has 26 heavy (non-hydrogen) atoms. The molecule has 1 fully saturated rings. The van der Waals surface area contributed by atoms with Crippen LogP contribution in [-0.2, 0) is 0 Å². The Hall–Kier alpha value is -2.86. The second-order valence-corrected chi connectivity index (χ2v) is 6.64. The Balaban J connectivity index is 1.71. The highest BCUT2D eigenvalue weighted by Crippen LogP contribution is 2.20. The van der Waals surface area contributed by atoms with Crippen LogP contribution in [0.25, 0.3) is 5.52 Å². The third kappa shape index (κ3) is 3.04. The molecule has 2 amide bonds. The minimum atomic E-state index is -0.395. The van der Waals surface area contributed by atoms with Crippen LogP contribution < -0.4 is 5.32 Å². The Kier molecular flexibility index (Phi) is 4.34. The molecule has 6 nitrogen and oxygen atoms in total. The summed E-state index contributed by atoms with van der Waals surface area (Å²) in [5, 5.41) is 3.31. The topological polar surface area (TPSA) is 66.7 Å². The van der Waals surface area contributed by atoms with Gasteiger partial charge in [0.15, 0.2) is 5.69 Å². The number of aromatic nitrogens is 2. The Morgan fingerprint density at radius 2 is 1.88 bits per heavy atom. The summed E-state index contributed by atoms with van der Waals surface area (Å²) in [6, 6.07) is 12.3. The lowest BCUT2D eigenvalue weighted by atomic mass is 10.3. The molecule has 0 aliphatic carbocycles. The van der Waals surface area contributed by atoms with E-state index in [4.69, 9.17) is 11.6 Å². The van der Waals surface area contributed by atoms with Gasteiger partial charge < -0.3 is 10.2 Å². The average Bonchev–Trinajstić information content (AvgIpc) is 3.29. The summed E-state index contributed by atoms with van der Waals surface area (Å²) in [5.41, 5.74) is 1.51. The number of benzene rings is 1. The molecular weight excluding hydrogens is 352 g/mol. The Labute approximate surface area is 155 Å². The number of hydrogen-bond acceptors (Lipinski definition) is 3. The number of amides is 2. The molecular formula is C19H17ClN4O2. The van der Waals surface area contributed by atoms with E-state index in [9.17, 15) is 9.59 Å². The molecule has 0 radical (unpaired) electrons. The van der Waals surface area contributed by atoms with Crippen LogP contribution in [0.3, 0.4) is 0 Å². The molecule has 2 aromatic heterocycles. The van der Waals surface area contributed by atoms with Crippen LogP contribution in [0.2, 0.25) is 5.02 Å². The van der Waals surface area contributed by atoms with Gasteiger partial charge in [-0.3, -0.25) is 14.0 Å². The predicted octanol–water partition coefficient (Wildman–Crippen LogP) is 3.48. The van der Waals surface area contributed by atoms with E-state index in [-0.39, 0.29) is 11.7 Å². The van der Waals surface area contributed by atoms with Crippen LogP contribution >= 0.6 is 11.6 Å². The molecule has 0 saturated carbocycles. The fourth-order valence-electron chi connectivity index (χ4n) is 3.18. The number of hydrogen-bond donors (Lipinski definition) is 1. The number of fused-ring (bicyclic) bond motifs is 1. The van der Waals surface area contributed by atoms with E-state index in [1.807, 2.05) is 6.07 Å². The number of pyridine rings is 1. The highest BCUT2D eigenvalue weighted by molar-refractivity contribution is 6.31. The van der Waals surface area contributed by atoms with Crippen molar-refractivity contribution in [2.24, 2.45) is 0 Å². The Bertz CT molecular complexity index is 992. The van der Waals surface area contributed by atoms with Crippen molar-refractivity contribution in [1.82, 2.24) is 14.3 Å². The van der Waals surface area contributed by atoms with E-state index >= 15 is 0 Å². The van der Waals surface area contributed by atoms with Gasteiger partial charge in [0.25, 0.3) is 11.8 Å². The third-order valence-corrected chi connectivity index (χ3v) is 4.66. The minimum absolute atomic E-state index is 0.131. The van der Waals surface area contributed by atoms with Crippen LogP contribution in [0.5, 0.6) is 0 Å². The Morgan fingerprint density at radius 3 is 2.65 bits per heavy atom. The molecule has 1 aromatic carbocycles. The maximum absolute atomic E-state index is 12.8. The van der Waals surface area contributed by atoms with Crippen molar-refractivity contribution in [2.75, 3.05) is 18.4 Å². The van der Waals surface area contributed by atoms with E-state index in [0.29, 0.717) is 21.9 Å². The maximum Gasteiger partial charge on any atom is 0.292 e. The zero-order valence-electron chi connectivity index (χ0n) is 14.0. The first-order valence-electron chi connectivity index (χ1n) is 8.47. The maximum atomic E-state index is 12.8. The summed E-state index contributed by atoms with van der Waals surface area (Å²) < 4.78 is 1.64. The SMILES string of the molecule is O=C(Nc1cccc(Cl)c1)c1nc(C(=O)N2CCCC2)c2ccccn12. The van der Waals surface area contributed by atoms with Crippen LogP contribution in [0.4, 0.5) is 5.69 Å². The smallest absolute Gasteiger partial charge is 0.292 e. The largest absolute Gasteiger partial charge is 0.337 e. The van der Waals surface area contributed by atoms with Crippen molar-refractivity contribution < 1.29 is 9.59 Å². The van der Waals surface area contributed by atoms with Crippen LogP contribution in [-0.4, -0.2) is 39.2 Å². The van der Waals surface area contributed by atoms with Gasteiger partial charge in [0.1, 0.15) is 0 Å². The van der Waals surface area contributed by atoms with Gasteiger partial charge >= 0.3 is 0 Å². The summed E-state index contributed by atoms with van der Waals surface area (Å²) in [6.07, 6.45) is 3.73. The summed E-state index contributed by atoms with van der Waals surface area (Å²) in [6.45, 7) is 1.46. The van der Waals surface area contributed by atoms with Crippen molar-refractivity contribution in [2.45, 2.75) is 12.8 Å². The van der Waals surface area contributed by atoms with Crippen LogP contribution in [0.1, 0.15) is 33.9 Å². The highest BCUT2D eigenvalue weighted by Gasteiger charge is 2.26. The predicted molar refractivity (Wildman–Crippen MR) is 99.7 cm³/mol. The molecule has 1 saturated heterocycles. The van der Waals surface area contributed by atoms with E-state index < -0.39 is 5.91 Å². The number of rotatable bonds is 3. The number of anilines is 1. The van der Waals surface area contributed by atoms with Gasteiger partial charge in [0.05, 0.1) is 5.52 Å². The third-order valence-electron chi connectivity index (χ3n) is 4.43. The van der Waals surface area contributed by atoms with Gasteiger partial charge in [-0.15, -0.1) is 0 Å². The molecule has 3 aromatic rings. The lowest BCUT2D eigenvalue weighted by Crippen LogP contribution is -2.28. The van der Waals surface area contributed by atoms with Crippen molar-refractivity contribution in [3.05, 3.63) is 65.2 Å². The first-order valence-corrected chi connectivity index (χ1v) is 8.84. The van der Waals surface area contributed by atoms with Crippen molar-refractivity contribution >= 4 is 34.6 Å². The number of nitrogens with one attached hydrogen (secondary N) is 1. The summed E-state index contributed by atoms with van der Waals surface area (Å²) in [7, 11) is 0. The van der Waals surface area contributed by atoms with E-state index in [0.717, 1.165) is 25.9 Å².